The summed E-state index contributed by atoms with van der Waals surface area (Å²) in [7, 11) is 0. The SMILES string of the molecule is CC(C)[C@H](N)C(=O)N1CCN(Cc2ccccn2)CC1.Cl.Cl.Cl. The molecule has 1 aliphatic heterocycles. The number of halogens is 3. The highest BCUT2D eigenvalue weighted by Gasteiger charge is 2.26. The number of carbonyl (C=O) groups excluding carboxylic acids is 1. The third-order valence-electron chi connectivity index (χ3n) is 3.80. The average molecular weight is 386 g/mol. The van der Waals surface area contributed by atoms with E-state index >= 15 is 0 Å². The van der Waals surface area contributed by atoms with E-state index in [1.807, 2.05) is 43.1 Å². The summed E-state index contributed by atoms with van der Waals surface area (Å²) in [5.41, 5.74) is 7.01. The number of aromatic nitrogens is 1. The Bertz CT molecular complexity index is 440. The summed E-state index contributed by atoms with van der Waals surface area (Å²) < 4.78 is 0. The molecule has 8 heteroatoms. The van der Waals surface area contributed by atoms with E-state index < -0.39 is 0 Å². The summed E-state index contributed by atoms with van der Waals surface area (Å²) in [6, 6.07) is 5.58. The summed E-state index contributed by atoms with van der Waals surface area (Å²) in [6.45, 7) is 8.09. The van der Waals surface area contributed by atoms with Crippen molar-refractivity contribution in [2.75, 3.05) is 26.2 Å². The van der Waals surface area contributed by atoms with Gasteiger partial charge in [-0.2, -0.15) is 0 Å². The highest BCUT2D eigenvalue weighted by molar-refractivity contribution is 5.86. The third kappa shape index (κ3) is 7.23. The van der Waals surface area contributed by atoms with Crippen LogP contribution in [0.15, 0.2) is 24.4 Å². The predicted octanol–water partition coefficient (Wildman–Crippen LogP) is 1.97. The van der Waals surface area contributed by atoms with Crippen molar-refractivity contribution in [1.29, 1.82) is 0 Å². The average Bonchev–Trinajstić information content (AvgIpc) is 2.47. The third-order valence-corrected chi connectivity index (χ3v) is 3.80. The molecule has 1 aromatic heterocycles. The number of rotatable bonds is 4. The Morgan fingerprint density at radius 1 is 1.17 bits per heavy atom. The highest BCUT2D eigenvalue weighted by atomic mass is 35.5. The minimum absolute atomic E-state index is 0. The number of piperazine rings is 1. The van der Waals surface area contributed by atoms with Crippen molar-refractivity contribution < 1.29 is 4.79 Å². The van der Waals surface area contributed by atoms with E-state index in [0.29, 0.717) is 0 Å². The quantitative estimate of drug-likeness (QED) is 0.861. The fourth-order valence-electron chi connectivity index (χ4n) is 2.34. The number of nitrogens with zero attached hydrogens (tertiary/aromatic N) is 3. The van der Waals surface area contributed by atoms with Gasteiger partial charge in [0.2, 0.25) is 5.91 Å². The lowest BCUT2D eigenvalue weighted by molar-refractivity contribution is -0.135. The standard InChI is InChI=1S/C15H24N4O.3ClH/c1-12(2)14(16)15(20)19-9-7-18(8-10-19)11-13-5-3-4-6-17-13;;;/h3-6,12,14H,7-11,16H2,1-2H3;3*1H/t14-;;;/m0.../s1. The number of nitrogens with two attached hydrogens (primary N) is 1. The van der Waals surface area contributed by atoms with Crippen molar-refractivity contribution in [2.24, 2.45) is 11.7 Å². The van der Waals surface area contributed by atoms with Gasteiger partial charge in [0.05, 0.1) is 11.7 Å². The summed E-state index contributed by atoms with van der Waals surface area (Å²) in [5, 5.41) is 0. The lowest BCUT2D eigenvalue weighted by Gasteiger charge is -2.36. The minimum atomic E-state index is -0.377. The molecule has 1 fully saturated rings. The van der Waals surface area contributed by atoms with E-state index in [-0.39, 0.29) is 55.1 Å². The maximum Gasteiger partial charge on any atom is 0.239 e. The maximum atomic E-state index is 12.2. The first-order chi connectivity index (χ1) is 9.58. The molecule has 1 amide bonds. The van der Waals surface area contributed by atoms with Crippen molar-refractivity contribution in [3.63, 3.8) is 0 Å². The Balaban J connectivity index is 0. The van der Waals surface area contributed by atoms with Crippen LogP contribution in [0.5, 0.6) is 0 Å². The van der Waals surface area contributed by atoms with Crippen LogP contribution in [0.25, 0.3) is 0 Å². The maximum absolute atomic E-state index is 12.2. The molecule has 0 radical (unpaired) electrons. The molecule has 0 spiro atoms. The van der Waals surface area contributed by atoms with Crippen molar-refractivity contribution in [2.45, 2.75) is 26.4 Å². The van der Waals surface area contributed by atoms with Crippen LogP contribution < -0.4 is 5.73 Å². The number of hydrogen-bond acceptors (Lipinski definition) is 4. The molecule has 2 N–H and O–H groups in total. The molecule has 1 atom stereocenters. The zero-order valence-electron chi connectivity index (χ0n) is 13.6. The first kappa shape index (κ1) is 24.7. The van der Waals surface area contributed by atoms with Crippen LogP contribution in [0.2, 0.25) is 0 Å². The summed E-state index contributed by atoms with van der Waals surface area (Å²) >= 11 is 0. The molecule has 23 heavy (non-hydrogen) atoms. The molecule has 0 bridgehead atoms. The van der Waals surface area contributed by atoms with Gasteiger partial charge in [0.15, 0.2) is 0 Å². The Morgan fingerprint density at radius 2 is 1.78 bits per heavy atom. The topological polar surface area (TPSA) is 62.5 Å². The van der Waals surface area contributed by atoms with Crippen molar-refractivity contribution >= 4 is 43.1 Å². The second kappa shape index (κ2) is 11.9. The van der Waals surface area contributed by atoms with E-state index in [0.717, 1.165) is 38.4 Å². The van der Waals surface area contributed by atoms with Gasteiger partial charge in [-0.3, -0.25) is 14.7 Å². The minimum Gasteiger partial charge on any atom is -0.339 e. The number of hydrogen-bond donors (Lipinski definition) is 1. The van der Waals surface area contributed by atoms with Gasteiger partial charge >= 0.3 is 0 Å². The largest absolute Gasteiger partial charge is 0.339 e. The zero-order valence-corrected chi connectivity index (χ0v) is 16.0. The summed E-state index contributed by atoms with van der Waals surface area (Å²) in [6.07, 6.45) is 1.82. The van der Waals surface area contributed by atoms with Crippen LogP contribution in [0.3, 0.4) is 0 Å². The van der Waals surface area contributed by atoms with E-state index in [4.69, 9.17) is 5.73 Å². The van der Waals surface area contributed by atoms with Gasteiger partial charge in [0, 0.05) is 38.9 Å². The Hall–Kier alpha value is -0.590. The van der Waals surface area contributed by atoms with Gasteiger partial charge in [-0.15, -0.1) is 37.2 Å². The van der Waals surface area contributed by atoms with Crippen LogP contribution in [-0.4, -0.2) is 52.9 Å². The molecular weight excluding hydrogens is 359 g/mol. The molecular formula is C15H27Cl3N4O. The molecule has 1 saturated heterocycles. The van der Waals surface area contributed by atoms with Crippen molar-refractivity contribution in [1.82, 2.24) is 14.8 Å². The monoisotopic (exact) mass is 384 g/mol. The van der Waals surface area contributed by atoms with Crippen LogP contribution in [0.1, 0.15) is 19.5 Å². The number of pyridine rings is 1. The first-order valence-electron chi connectivity index (χ1n) is 7.24. The van der Waals surface area contributed by atoms with E-state index in [2.05, 4.69) is 9.88 Å². The molecule has 0 unspecified atom stereocenters. The van der Waals surface area contributed by atoms with Gasteiger partial charge in [0.25, 0.3) is 0 Å². The summed E-state index contributed by atoms with van der Waals surface area (Å²) in [4.78, 5) is 20.7. The zero-order chi connectivity index (χ0) is 14.5. The van der Waals surface area contributed by atoms with E-state index in [1.165, 1.54) is 0 Å². The van der Waals surface area contributed by atoms with Crippen molar-refractivity contribution in [3.8, 4) is 0 Å². The molecule has 2 rings (SSSR count). The molecule has 5 nitrogen and oxygen atoms in total. The second-order valence-electron chi connectivity index (χ2n) is 5.69. The van der Waals surface area contributed by atoms with Crippen molar-refractivity contribution in [3.05, 3.63) is 30.1 Å². The van der Waals surface area contributed by atoms with Gasteiger partial charge in [-0.05, 0) is 18.1 Å². The molecule has 1 aliphatic rings. The molecule has 0 saturated carbocycles. The Morgan fingerprint density at radius 3 is 2.26 bits per heavy atom. The van der Waals surface area contributed by atoms with E-state index in [9.17, 15) is 4.79 Å². The normalized spacial score (nSPS) is 15.9. The smallest absolute Gasteiger partial charge is 0.239 e. The molecule has 2 heterocycles. The van der Waals surface area contributed by atoms with Crippen LogP contribution in [0.4, 0.5) is 0 Å². The van der Waals surface area contributed by atoms with Gasteiger partial charge < -0.3 is 10.6 Å². The number of carbonyl (C=O) groups is 1. The fraction of sp³-hybridized carbons (Fsp3) is 0.600. The predicted molar refractivity (Wildman–Crippen MR) is 101 cm³/mol. The molecule has 0 aromatic carbocycles. The highest BCUT2D eigenvalue weighted by Crippen LogP contribution is 2.09. The fourth-order valence-corrected chi connectivity index (χ4v) is 2.34. The van der Waals surface area contributed by atoms with Gasteiger partial charge in [-0.25, -0.2) is 0 Å². The second-order valence-corrected chi connectivity index (χ2v) is 5.69. The lowest BCUT2D eigenvalue weighted by Crippen LogP contribution is -2.54. The van der Waals surface area contributed by atoms with Gasteiger partial charge in [0.1, 0.15) is 0 Å². The molecule has 134 valence electrons. The Labute approximate surface area is 157 Å². The van der Waals surface area contributed by atoms with Crippen LogP contribution in [0, 0.1) is 5.92 Å². The van der Waals surface area contributed by atoms with Crippen LogP contribution >= 0.6 is 37.2 Å². The number of amides is 1. The lowest BCUT2D eigenvalue weighted by atomic mass is 10.0. The van der Waals surface area contributed by atoms with E-state index in [1.54, 1.807) is 0 Å². The molecule has 1 aromatic rings. The Kier molecular flexibility index (Phi) is 12.7. The molecule has 0 aliphatic carbocycles. The summed E-state index contributed by atoms with van der Waals surface area (Å²) in [5.74, 6) is 0.270. The first-order valence-corrected chi connectivity index (χ1v) is 7.24. The van der Waals surface area contributed by atoms with Crippen LogP contribution in [-0.2, 0) is 11.3 Å². The van der Waals surface area contributed by atoms with Gasteiger partial charge in [-0.1, -0.05) is 19.9 Å².